The van der Waals surface area contributed by atoms with Gasteiger partial charge >= 0.3 is 5.97 Å². The Labute approximate surface area is 117 Å². The third-order valence-electron chi connectivity index (χ3n) is 3.52. The molecule has 2 atom stereocenters. The molecule has 1 aromatic rings. The minimum Gasteiger partial charge on any atom is -0.487 e. The van der Waals surface area contributed by atoms with Crippen LogP contribution >= 0.6 is 0 Å². The Kier molecular flexibility index (Phi) is 4.74. The van der Waals surface area contributed by atoms with Crippen molar-refractivity contribution >= 4 is 12.3 Å². The number of aliphatic hydroxyl groups excluding tert-OH is 1. The number of methoxy groups -OCH3 is 1. The molecule has 1 saturated carbocycles. The number of hydrogen-bond acceptors (Lipinski definition) is 5. The van der Waals surface area contributed by atoms with Crippen LogP contribution in [0.4, 0.5) is 0 Å². The fourth-order valence-electron chi connectivity index (χ4n) is 2.44. The van der Waals surface area contributed by atoms with Gasteiger partial charge in [-0.2, -0.15) is 0 Å². The van der Waals surface area contributed by atoms with Crippen LogP contribution in [-0.4, -0.2) is 36.7 Å². The van der Waals surface area contributed by atoms with Gasteiger partial charge in [0.15, 0.2) is 6.29 Å². The zero-order valence-electron chi connectivity index (χ0n) is 11.4. The van der Waals surface area contributed by atoms with Gasteiger partial charge < -0.3 is 14.6 Å². The molecule has 0 amide bonds. The van der Waals surface area contributed by atoms with E-state index in [1.807, 2.05) is 0 Å². The average molecular weight is 278 g/mol. The topological polar surface area (TPSA) is 72.8 Å². The number of hydrogen-bond donors (Lipinski definition) is 1. The fraction of sp³-hybridized carbons (Fsp3) is 0.467. The van der Waals surface area contributed by atoms with Gasteiger partial charge in [-0.25, -0.2) is 4.79 Å². The third-order valence-corrected chi connectivity index (χ3v) is 3.52. The summed E-state index contributed by atoms with van der Waals surface area (Å²) in [4.78, 5) is 22.9. The molecule has 108 valence electrons. The quantitative estimate of drug-likeness (QED) is 0.673. The molecule has 20 heavy (non-hydrogen) atoms. The molecule has 5 heteroatoms. The summed E-state index contributed by atoms with van der Waals surface area (Å²) in [5, 5.41) is 9.93. The minimum absolute atomic E-state index is 0.114. The van der Waals surface area contributed by atoms with Crippen molar-refractivity contribution < 1.29 is 24.2 Å². The maximum absolute atomic E-state index is 11.8. The summed E-state index contributed by atoms with van der Waals surface area (Å²) in [6, 6.07) is 4.78. The fourth-order valence-corrected chi connectivity index (χ4v) is 2.44. The highest BCUT2D eigenvalue weighted by atomic mass is 16.5. The van der Waals surface area contributed by atoms with Gasteiger partial charge in [-0.1, -0.05) is 18.6 Å². The number of benzene rings is 1. The van der Waals surface area contributed by atoms with E-state index in [1.54, 1.807) is 12.1 Å². The second-order valence-corrected chi connectivity index (χ2v) is 4.84. The lowest BCUT2D eigenvalue weighted by Gasteiger charge is -2.28. The van der Waals surface area contributed by atoms with Crippen LogP contribution in [-0.2, 0) is 4.74 Å². The monoisotopic (exact) mass is 278 g/mol. The van der Waals surface area contributed by atoms with Gasteiger partial charge in [0.1, 0.15) is 17.4 Å². The standard InChI is InChI=1S/C15H18O5/c1-19-15(18)14-10(9-16)5-4-8-13(14)20-12-7-3-2-6-11(12)17/h4-5,8-9,11-12,17H,2-3,6-7H2,1H3/t11-,12-/m1/s1. The first-order chi connectivity index (χ1) is 9.67. The van der Waals surface area contributed by atoms with Gasteiger partial charge in [-0.15, -0.1) is 0 Å². The summed E-state index contributed by atoms with van der Waals surface area (Å²) >= 11 is 0. The number of aldehydes is 1. The van der Waals surface area contributed by atoms with Gasteiger partial charge in [-0.05, 0) is 25.3 Å². The number of ether oxygens (including phenoxy) is 2. The van der Waals surface area contributed by atoms with Crippen LogP contribution < -0.4 is 4.74 Å². The van der Waals surface area contributed by atoms with Crippen LogP contribution in [0, 0.1) is 0 Å². The van der Waals surface area contributed by atoms with Crippen LogP contribution in [0.1, 0.15) is 46.4 Å². The Hall–Kier alpha value is -1.88. The highest BCUT2D eigenvalue weighted by molar-refractivity contribution is 6.00. The van der Waals surface area contributed by atoms with Gasteiger partial charge in [-0.3, -0.25) is 4.79 Å². The number of esters is 1. The lowest BCUT2D eigenvalue weighted by atomic mass is 9.94. The van der Waals surface area contributed by atoms with E-state index in [0.717, 1.165) is 19.3 Å². The van der Waals surface area contributed by atoms with Crippen molar-refractivity contribution in [1.82, 2.24) is 0 Å². The van der Waals surface area contributed by atoms with Crippen molar-refractivity contribution in [2.24, 2.45) is 0 Å². The summed E-state index contributed by atoms with van der Waals surface area (Å²) in [5.74, 6) is -0.333. The largest absolute Gasteiger partial charge is 0.487 e. The van der Waals surface area contributed by atoms with Crippen molar-refractivity contribution in [3.05, 3.63) is 29.3 Å². The highest BCUT2D eigenvalue weighted by Gasteiger charge is 2.27. The van der Waals surface area contributed by atoms with Crippen LogP contribution in [0.25, 0.3) is 0 Å². The number of carbonyl (C=O) groups excluding carboxylic acids is 2. The SMILES string of the molecule is COC(=O)c1c(C=O)cccc1O[C@@H]1CCCC[C@H]1O. The maximum atomic E-state index is 11.8. The van der Waals surface area contributed by atoms with E-state index in [1.165, 1.54) is 13.2 Å². The number of carbonyl (C=O) groups is 2. The molecule has 1 aliphatic rings. The van der Waals surface area contributed by atoms with Crippen molar-refractivity contribution in [1.29, 1.82) is 0 Å². The van der Waals surface area contributed by atoms with Gasteiger partial charge in [0.05, 0.1) is 13.2 Å². The Morgan fingerprint density at radius 1 is 1.35 bits per heavy atom. The van der Waals surface area contributed by atoms with Crippen LogP contribution in [0.2, 0.25) is 0 Å². The molecule has 0 unspecified atom stereocenters. The second kappa shape index (κ2) is 6.52. The van der Waals surface area contributed by atoms with Crippen LogP contribution in [0.5, 0.6) is 5.75 Å². The molecule has 0 radical (unpaired) electrons. The predicted molar refractivity (Wildman–Crippen MR) is 72.1 cm³/mol. The second-order valence-electron chi connectivity index (χ2n) is 4.84. The lowest BCUT2D eigenvalue weighted by molar-refractivity contribution is 0.00585. The van der Waals surface area contributed by atoms with Crippen LogP contribution in [0.3, 0.4) is 0 Å². The molecule has 0 aromatic heterocycles. The summed E-state index contributed by atoms with van der Waals surface area (Å²) < 4.78 is 10.4. The molecular formula is C15H18O5. The molecule has 0 bridgehead atoms. The Balaban J connectivity index is 2.30. The van der Waals surface area contributed by atoms with Crippen LogP contribution in [0.15, 0.2) is 18.2 Å². The zero-order valence-corrected chi connectivity index (χ0v) is 11.4. The smallest absolute Gasteiger partial charge is 0.342 e. The van der Waals surface area contributed by atoms with E-state index in [0.29, 0.717) is 12.7 Å². The molecule has 2 rings (SSSR count). The van der Waals surface area contributed by atoms with E-state index in [4.69, 9.17) is 9.47 Å². The molecule has 1 aliphatic carbocycles. The van der Waals surface area contributed by atoms with Crippen molar-refractivity contribution in [3.63, 3.8) is 0 Å². The molecule has 1 N–H and O–H groups in total. The average Bonchev–Trinajstić information content (AvgIpc) is 2.48. The molecule has 0 heterocycles. The Morgan fingerprint density at radius 3 is 2.75 bits per heavy atom. The van der Waals surface area contributed by atoms with E-state index in [2.05, 4.69) is 0 Å². The highest BCUT2D eigenvalue weighted by Crippen LogP contribution is 2.28. The van der Waals surface area contributed by atoms with E-state index in [-0.39, 0.29) is 23.0 Å². The molecule has 1 fully saturated rings. The lowest BCUT2D eigenvalue weighted by Crippen LogP contribution is -2.35. The van der Waals surface area contributed by atoms with Crippen molar-refractivity contribution in [2.75, 3.05) is 7.11 Å². The first-order valence-corrected chi connectivity index (χ1v) is 6.68. The summed E-state index contributed by atoms with van der Waals surface area (Å²) in [5.41, 5.74) is 0.336. The van der Waals surface area contributed by atoms with Gasteiger partial charge in [0, 0.05) is 5.56 Å². The van der Waals surface area contributed by atoms with Crippen molar-refractivity contribution in [2.45, 2.75) is 37.9 Å². The van der Waals surface area contributed by atoms with E-state index < -0.39 is 12.1 Å². The Morgan fingerprint density at radius 2 is 2.10 bits per heavy atom. The molecule has 0 spiro atoms. The Bertz CT molecular complexity index is 497. The first-order valence-electron chi connectivity index (χ1n) is 6.68. The molecule has 1 aromatic carbocycles. The summed E-state index contributed by atoms with van der Waals surface area (Å²) in [6.07, 6.45) is 3.06. The molecule has 5 nitrogen and oxygen atoms in total. The normalized spacial score (nSPS) is 22.1. The number of aliphatic hydroxyl groups is 1. The molecule has 0 aliphatic heterocycles. The van der Waals surface area contributed by atoms with Gasteiger partial charge in [0.25, 0.3) is 0 Å². The zero-order chi connectivity index (χ0) is 14.5. The molecular weight excluding hydrogens is 260 g/mol. The summed E-state index contributed by atoms with van der Waals surface area (Å²) in [6.45, 7) is 0. The summed E-state index contributed by atoms with van der Waals surface area (Å²) in [7, 11) is 1.25. The third kappa shape index (κ3) is 2.99. The van der Waals surface area contributed by atoms with Gasteiger partial charge in [0.2, 0.25) is 0 Å². The van der Waals surface area contributed by atoms with E-state index >= 15 is 0 Å². The molecule has 0 saturated heterocycles. The number of rotatable bonds is 4. The van der Waals surface area contributed by atoms with Crippen molar-refractivity contribution in [3.8, 4) is 5.75 Å². The minimum atomic E-state index is -0.618. The van der Waals surface area contributed by atoms with E-state index in [9.17, 15) is 14.7 Å². The maximum Gasteiger partial charge on any atom is 0.342 e. The predicted octanol–water partition coefficient (Wildman–Crippen LogP) is 1.97. The first kappa shape index (κ1) is 14.5.